The van der Waals surface area contributed by atoms with Crippen molar-refractivity contribution in [3.05, 3.63) is 35.5 Å². The molecule has 0 spiro atoms. The molecule has 118 valence electrons. The second-order valence-electron chi connectivity index (χ2n) is 5.98. The molecule has 1 aliphatic heterocycles. The molecule has 1 aliphatic rings. The van der Waals surface area contributed by atoms with Gasteiger partial charge in [-0.15, -0.1) is 0 Å². The second kappa shape index (κ2) is 6.10. The lowest BCUT2D eigenvalue weighted by atomic mass is 10.1. The number of rotatable bonds is 3. The Morgan fingerprint density at radius 2 is 1.91 bits per heavy atom. The van der Waals surface area contributed by atoms with Crippen molar-refractivity contribution in [1.29, 1.82) is 0 Å². The zero-order valence-corrected chi connectivity index (χ0v) is 13.2. The summed E-state index contributed by atoms with van der Waals surface area (Å²) in [5.74, 6) is 0.104. The maximum absolute atomic E-state index is 12.7. The highest BCUT2D eigenvalue weighted by Gasteiger charge is 2.22. The van der Waals surface area contributed by atoms with Crippen molar-refractivity contribution < 1.29 is 9.90 Å². The van der Waals surface area contributed by atoms with Crippen molar-refractivity contribution in [3.63, 3.8) is 0 Å². The Morgan fingerprint density at radius 3 is 2.59 bits per heavy atom. The molecule has 0 atom stereocenters. The van der Waals surface area contributed by atoms with Gasteiger partial charge in [0.2, 0.25) is 0 Å². The molecule has 1 aromatic carbocycles. The Balaban J connectivity index is 1.75. The molecule has 5 nitrogen and oxygen atoms in total. The molecule has 0 radical (unpaired) electrons. The standard InChI is InChI=1S/C17H23N3O2/c1-13-11-15-12-14(3-4-16(15)18(13)2)17(22)20-7-5-19(6-8-20)9-10-21/h3-4,11-12,21H,5-10H2,1-2H3. The van der Waals surface area contributed by atoms with Gasteiger partial charge in [-0.25, -0.2) is 0 Å². The molecule has 2 heterocycles. The number of aliphatic hydroxyl groups is 1. The molecular weight excluding hydrogens is 278 g/mol. The lowest BCUT2D eigenvalue weighted by molar-refractivity contribution is 0.0615. The first-order chi connectivity index (χ1) is 10.6. The lowest BCUT2D eigenvalue weighted by Gasteiger charge is -2.34. The molecule has 1 saturated heterocycles. The number of carbonyl (C=O) groups is 1. The highest BCUT2D eigenvalue weighted by molar-refractivity contribution is 5.98. The van der Waals surface area contributed by atoms with Gasteiger partial charge >= 0.3 is 0 Å². The van der Waals surface area contributed by atoms with E-state index in [0.717, 1.165) is 42.6 Å². The minimum absolute atomic E-state index is 0.104. The number of benzene rings is 1. The second-order valence-corrected chi connectivity index (χ2v) is 5.98. The summed E-state index contributed by atoms with van der Waals surface area (Å²) in [5, 5.41) is 10.1. The Kier molecular flexibility index (Phi) is 4.18. The molecule has 2 aromatic rings. The summed E-state index contributed by atoms with van der Waals surface area (Å²) >= 11 is 0. The largest absolute Gasteiger partial charge is 0.395 e. The van der Waals surface area contributed by atoms with Crippen LogP contribution in [0, 0.1) is 6.92 Å². The van der Waals surface area contributed by atoms with E-state index < -0.39 is 0 Å². The Morgan fingerprint density at radius 1 is 1.18 bits per heavy atom. The van der Waals surface area contributed by atoms with Crippen LogP contribution in [-0.4, -0.2) is 64.7 Å². The average Bonchev–Trinajstić information content (AvgIpc) is 2.82. The summed E-state index contributed by atoms with van der Waals surface area (Å²) in [6, 6.07) is 8.05. The Bertz CT molecular complexity index is 685. The number of amides is 1. The van der Waals surface area contributed by atoms with Crippen LogP contribution in [0.2, 0.25) is 0 Å². The fourth-order valence-corrected chi connectivity index (χ4v) is 3.12. The van der Waals surface area contributed by atoms with Gasteiger partial charge in [0.15, 0.2) is 0 Å². The van der Waals surface area contributed by atoms with Crippen LogP contribution in [0.3, 0.4) is 0 Å². The topological polar surface area (TPSA) is 48.7 Å². The SMILES string of the molecule is Cc1cc2cc(C(=O)N3CCN(CCO)CC3)ccc2n1C. The number of hydrogen-bond acceptors (Lipinski definition) is 3. The summed E-state index contributed by atoms with van der Waals surface area (Å²) in [4.78, 5) is 16.7. The zero-order chi connectivity index (χ0) is 15.7. The van der Waals surface area contributed by atoms with E-state index in [1.54, 1.807) is 0 Å². The van der Waals surface area contributed by atoms with E-state index in [2.05, 4.69) is 22.5 Å². The molecule has 1 fully saturated rings. The van der Waals surface area contributed by atoms with Crippen LogP contribution in [0.15, 0.2) is 24.3 Å². The minimum atomic E-state index is 0.104. The molecule has 3 rings (SSSR count). The van der Waals surface area contributed by atoms with E-state index >= 15 is 0 Å². The third kappa shape index (κ3) is 2.74. The van der Waals surface area contributed by atoms with E-state index in [1.165, 1.54) is 5.69 Å². The molecule has 1 aromatic heterocycles. The average molecular weight is 301 g/mol. The number of aliphatic hydroxyl groups excluding tert-OH is 1. The molecule has 0 aliphatic carbocycles. The number of nitrogens with zero attached hydrogens (tertiary/aromatic N) is 3. The van der Waals surface area contributed by atoms with Gasteiger partial charge in [-0.3, -0.25) is 9.69 Å². The van der Waals surface area contributed by atoms with Crippen molar-refractivity contribution in [3.8, 4) is 0 Å². The normalized spacial score (nSPS) is 16.4. The predicted molar refractivity (Wildman–Crippen MR) is 87.1 cm³/mol. The number of β-amino-alcohol motifs (C(OH)–C–C–N with tert-alkyl or cyclic N) is 1. The number of piperazine rings is 1. The number of carbonyl (C=O) groups excluding carboxylic acids is 1. The van der Waals surface area contributed by atoms with Crippen LogP contribution in [0.5, 0.6) is 0 Å². The Labute approximate surface area is 130 Å². The van der Waals surface area contributed by atoms with E-state index in [0.29, 0.717) is 6.54 Å². The van der Waals surface area contributed by atoms with Gasteiger partial charge in [-0.2, -0.15) is 0 Å². The van der Waals surface area contributed by atoms with Gasteiger partial charge in [0.05, 0.1) is 6.61 Å². The summed E-state index contributed by atoms with van der Waals surface area (Å²) < 4.78 is 2.14. The molecule has 0 unspecified atom stereocenters. The maximum atomic E-state index is 12.7. The van der Waals surface area contributed by atoms with Crippen LogP contribution >= 0.6 is 0 Å². The first-order valence-corrected chi connectivity index (χ1v) is 7.78. The summed E-state index contributed by atoms with van der Waals surface area (Å²) in [5.41, 5.74) is 3.10. The molecule has 1 N–H and O–H groups in total. The van der Waals surface area contributed by atoms with Gasteiger partial charge in [-0.1, -0.05) is 0 Å². The van der Waals surface area contributed by atoms with Gasteiger partial charge in [-0.05, 0) is 31.2 Å². The highest BCUT2D eigenvalue weighted by atomic mass is 16.3. The van der Waals surface area contributed by atoms with Crippen molar-refractivity contribution in [2.45, 2.75) is 6.92 Å². The number of aryl methyl sites for hydroxylation is 2. The fourth-order valence-electron chi connectivity index (χ4n) is 3.12. The van der Waals surface area contributed by atoms with Crippen LogP contribution in [0.4, 0.5) is 0 Å². The van der Waals surface area contributed by atoms with E-state index in [4.69, 9.17) is 5.11 Å². The van der Waals surface area contributed by atoms with Gasteiger partial charge < -0.3 is 14.6 Å². The summed E-state index contributed by atoms with van der Waals surface area (Å²) in [6.07, 6.45) is 0. The quantitative estimate of drug-likeness (QED) is 0.928. The van der Waals surface area contributed by atoms with Crippen LogP contribution in [-0.2, 0) is 7.05 Å². The number of hydrogen-bond donors (Lipinski definition) is 1. The van der Waals surface area contributed by atoms with Gasteiger partial charge in [0.25, 0.3) is 5.91 Å². The minimum Gasteiger partial charge on any atom is -0.395 e. The Hall–Kier alpha value is -1.85. The first kappa shape index (κ1) is 15.1. The molecule has 22 heavy (non-hydrogen) atoms. The molecule has 5 heteroatoms. The molecule has 0 saturated carbocycles. The number of aromatic nitrogens is 1. The molecule has 1 amide bonds. The third-order valence-corrected chi connectivity index (χ3v) is 4.61. The molecular formula is C17H23N3O2. The van der Waals surface area contributed by atoms with Crippen LogP contribution < -0.4 is 0 Å². The summed E-state index contributed by atoms with van der Waals surface area (Å²) in [6.45, 7) is 6.06. The van der Waals surface area contributed by atoms with Gasteiger partial charge in [0, 0.05) is 61.9 Å². The van der Waals surface area contributed by atoms with E-state index in [1.807, 2.05) is 30.1 Å². The summed E-state index contributed by atoms with van der Waals surface area (Å²) in [7, 11) is 2.04. The smallest absolute Gasteiger partial charge is 0.253 e. The van der Waals surface area contributed by atoms with Crippen molar-refractivity contribution >= 4 is 16.8 Å². The fraction of sp³-hybridized carbons (Fsp3) is 0.471. The molecule has 0 bridgehead atoms. The lowest BCUT2D eigenvalue weighted by Crippen LogP contribution is -2.49. The maximum Gasteiger partial charge on any atom is 0.253 e. The zero-order valence-electron chi connectivity index (χ0n) is 13.2. The van der Waals surface area contributed by atoms with Crippen molar-refractivity contribution in [2.75, 3.05) is 39.3 Å². The van der Waals surface area contributed by atoms with Crippen molar-refractivity contribution in [2.24, 2.45) is 7.05 Å². The van der Waals surface area contributed by atoms with Crippen molar-refractivity contribution in [1.82, 2.24) is 14.4 Å². The number of fused-ring (bicyclic) bond motifs is 1. The first-order valence-electron chi connectivity index (χ1n) is 7.78. The monoisotopic (exact) mass is 301 g/mol. The van der Waals surface area contributed by atoms with Crippen LogP contribution in [0.1, 0.15) is 16.1 Å². The highest BCUT2D eigenvalue weighted by Crippen LogP contribution is 2.21. The van der Waals surface area contributed by atoms with E-state index in [9.17, 15) is 4.79 Å². The van der Waals surface area contributed by atoms with E-state index in [-0.39, 0.29) is 12.5 Å². The van der Waals surface area contributed by atoms with Gasteiger partial charge in [0.1, 0.15) is 0 Å². The van der Waals surface area contributed by atoms with Crippen LogP contribution in [0.25, 0.3) is 10.9 Å². The predicted octanol–water partition coefficient (Wildman–Crippen LogP) is 1.24. The third-order valence-electron chi connectivity index (χ3n) is 4.61.